The largest absolute Gasteiger partial charge is 0.493 e. The number of nitrogens with one attached hydrogen (secondary N) is 1. The zero-order valence-corrected chi connectivity index (χ0v) is 20.8. The fourth-order valence-electron chi connectivity index (χ4n) is 2.85. The van der Waals surface area contributed by atoms with Crippen molar-refractivity contribution in [1.29, 1.82) is 5.41 Å². The Morgan fingerprint density at radius 2 is 2.12 bits per heavy atom. The van der Waals surface area contributed by atoms with Gasteiger partial charge in [-0.3, -0.25) is 10.2 Å². The second-order valence-corrected chi connectivity index (χ2v) is 11.5. The summed E-state index contributed by atoms with van der Waals surface area (Å²) < 4.78 is 34.7. The Labute approximate surface area is 207 Å². The number of halogens is 1. The first-order valence-electron chi connectivity index (χ1n) is 9.50. The number of rotatable bonds is 5. The lowest BCUT2D eigenvalue weighted by Gasteiger charge is -2.20. The fraction of sp³-hybridized carbons (Fsp3) is 0.150. The van der Waals surface area contributed by atoms with Crippen LogP contribution < -0.4 is 9.47 Å². The number of benzene rings is 1. The fourth-order valence-corrected chi connectivity index (χ4v) is 5.87. The molecule has 0 saturated carbocycles. The summed E-state index contributed by atoms with van der Waals surface area (Å²) in [4.78, 5) is 29.2. The van der Waals surface area contributed by atoms with E-state index in [2.05, 4.69) is 10.1 Å². The van der Waals surface area contributed by atoms with Crippen LogP contribution in [0.25, 0.3) is 6.08 Å². The number of hydrogen-bond donors (Lipinski definition) is 1. The predicted octanol–water partition coefficient (Wildman–Crippen LogP) is 3.64. The van der Waals surface area contributed by atoms with Gasteiger partial charge >= 0.3 is 5.97 Å². The van der Waals surface area contributed by atoms with Crippen LogP contribution in [0.1, 0.15) is 22.2 Å². The minimum Gasteiger partial charge on any atom is -0.493 e. The zero-order valence-electron chi connectivity index (χ0n) is 17.6. The first kappa shape index (κ1) is 24.1. The lowest BCUT2D eigenvalue weighted by molar-refractivity contribution is -0.114. The normalized spacial score (nSPS) is 16.9. The van der Waals surface area contributed by atoms with Gasteiger partial charge in [0.25, 0.3) is 5.91 Å². The van der Waals surface area contributed by atoms with Gasteiger partial charge in [0.05, 0.1) is 23.5 Å². The number of esters is 1. The molecule has 10 nitrogen and oxygen atoms in total. The van der Waals surface area contributed by atoms with Gasteiger partial charge in [-0.05, 0) is 47.0 Å². The minimum atomic E-state index is -3.63. The van der Waals surface area contributed by atoms with Crippen LogP contribution in [-0.2, 0) is 14.6 Å². The molecule has 0 bridgehead atoms. The molecular formula is C20H15ClN4O6S3. The van der Waals surface area contributed by atoms with Gasteiger partial charge < -0.3 is 9.47 Å². The summed E-state index contributed by atoms with van der Waals surface area (Å²) >= 11 is 8.26. The van der Waals surface area contributed by atoms with Gasteiger partial charge in [-0.25, -0.2) is 13.2 Å². The number of ether oxygens (including phenoxy) is 2. The Bertz CT molecular complexity index is 1410. The smallest absolute Gasteiger partial charge is 0.353 e. The number of amidine groups is 2. The van der Waals surface area contributed by atoms with E-state index >= 15 is 0 Å². The number of thiophene rings is 1. The Kier molecular flexibility index (Phi) is 6.62. The monoisotopic (exact) mass is 538 g/mol. The minimum absolute atomic E-state index is 0.00466. The van der Waals surface area contributed by atoms with E-state index in [1.54, 1.807) is 17.5 Å². The van der Waals surface area contributed by atoms with Crippen LogP contribution in [0.15, 0.2) is 45.3 Å². The number of methoxy groups -OCH3 is 1. The number of hydrogen-bond acceptors (Lipinski definition) is 10. The average molecular weight is 539 g/mol. The molecule has 1 amide bonds. The molecular weight excluding hydrogens is 524 g/mol. The van der Waals surface area contributed by atoms with Crippen molar-refractivity contribution in [2.75, 3.05) is 12.9 Å². The first-order chi connectivity index (χ1) is 16.1. The molecule has 2 aliphatic rings. The van der Waals surface area contributed by atoms with Crippen LogP contribution in [0.4, 0.5) is 0 Å². The first-order valence-corrected chi connectivity index (χ1v) is 13.2. The lowest BCUT2D eigenvalue weighted by atomic mass is 10.1. The summed E-state index contributed by atoms with van der Waals surface area (Å²) in [5, 5.41) is 15.1. The van der Waals surface area contributed by atoms with E-state index in [9.17, 15) is 18.0 Å². The van der Waals surface area contributed by atoms with Crippen LogP contribution in [0.3, 0.4) is 0 Å². The molecule has 0 spiro atoms. The van der Waals surface area contributed by atoms with E-state index in [-0.39, 0.29) is 43.2 Å². The van der Waals surface area contributed by atoms with Gasteiger partial charge in [0.15, 0.2) is 17.3 Å². The summed E-state index contributed by atoms with van der Waals surface area (Å²) in [6.07, 6.45) is 1.34. The van der Waals surface area contributed by atoms with Crippen molar-refractivity contribution in [3.8, 4) is 11.5 Å². The Balaban J connectivity index is 1.67. The third-order valence-corrected chi connectivity index (χ3v) is 8.78. The maximum atomic E-state index is 12.6. The highest BCUT2D eigenvalue weighted by Crippen LogP contribution is 2.38. The highest BCUT2D eigenvalue weighted by atomic mass is 35.5. The molecule has 0 fully saturated rings. The van der Waals surface area contributed by atoms with E-state index in [0.29, 0.717) is 10.4 Å². The Morgan fingerprint density at radius 3 is 2.76 bits per heavy atom. The number of nitrogens with zero attached hydrogens (tertiary/aromatic N) is 3. The molecule has 0 saturated heterocycles. The summed E-state index contributed by atoms with van der Waals surface area (Å²) in [5.74, 6) is -1.72. The molecule has 0 aliphatic carbocycles. The molecule has 0 unspecified atom stereocenters. The summed E-state index contributed by atoms with van der Waals surface area (Å²) in [7, 11) is -2.27. The van der Waals surface area contributed by atoms with E-state index in [0.717, 1.165) is 16.8 Å². The number of carbonyl (C=O) groups is 2. The number of thioether (sulfide) groups is 1. The third kappa shape index (κ3) is 4.51. The van der Waals surface area contributed by atoms with Crippen molar-refractivity contribution in [3.05, 3.63) is 50.7 Å². The molecule has 0 atom stereocenters. The summed E-state index contributed by atoms with van der Waals surface area (Å²) in [6.45, 7) is 1.47. The Morgan fingerprint density at radius 1 is 1.35 bits per heavy atom. The molecule has 176 valence electrons. The molecule has 4 rings (SSSR count). The quantitative estimate of drug-likeness (QED) is 0.346. The van der Waals surface area contributed by atoms with Crippen molar-refractivity contribution in [3.63, 3.8) is 0 Å². The van der Waals surface area contributed by atoms with Crippen LogP contribution >= 0.6 is 34.7 Å². The molecule has 1 aromatic carbocycles. The van der Waals surface area contributed by atoms with Crippen molar-refractivity contribution >= 4 is 77.9 Å². The number of sulfone groups is 1. The highest BCUT2D eigenvalue weighted by molar-refractivity contribution is 8.42. The van der Waals surface area contributed by atoms with Gasteiger partial charge in [-0.1, -0.05) is 24.6 Å². The SMILES string of the molecule is CCS(=O)(=O)C1=NN2C(=N)/C(=C/c3cc(Cl)c(OC(=O)c4cccs4)c(OC)c3)C(=O)N=C2S1. The topological polar surface area (TPSA) is 139 Å². The van der Waals surface area contributed by atoms with Crippen LogP contribution in [0.2, 0.25) is 5.02 Å². The molecule has 3 heterocycles. The van der Waals surface area contributed by atoms with Gasteiger partial charge in [0, 0.05) is 0 Å². The van der Waals surface area contributed by atoms with Crippen LogP contribution in [0.5, 0.6) is 11.5 Å². The second kappa shape index (κ2) is 9.33. The van der Waals surface area contributed by atoms with Crippen molar-refractivity contribution in [2.24, 2.45) is 10.1 Å². The average Bonchev–Trinajstić information content (AvgIpc) is 3.49. The summed E-state index contributed by atoms with van der Waals surface area (Å²) in [6, 6.07) is 6.23. The number of fused-ring (bicyclic) bond motifs is 1. The lowest BCUT2D eigenvalue weighted by Crippen LogP contribution is -2.35. The Hall–Kier alpha value is -3.00. The maximum Gasteiger partial charge on any atom is 0.353 e. The van der Waals surface area contributed by atoms with Crippen molar-refractivity contribution < 1.29 is 27.5 Å². The number of carbonyl (C=O) groups excluding carboxylic acids is 2. The van der Waals surface area contributed by atoms with Gasteiger partial charge in [0.1, 0.15) is 4.88 Å². The number of aliphatic imine (C=N–C) groups is 1. The predicted molar refractivity (Wildman–Crippen MR) is 132 cm³/mol. The van der Waals surface area contributed by atoms with Crippen LogP contribution in [0, 0.1) is 5.41 Å². The summed E-state index contributed by atoms with van der Waals surface area (Å²) in [5.41, 5.74) is 0.228. The van der Waals surface area contributed by atoms with Crippen molar-refractivity contribution in [2.45, 2.75) is 6.92 Å². The molecule has 2 aromatic rings. The van der Waals surface area contributed by atoms with E-state index < -0.39 is 21.7 Å². The van der Waals surface area contributed by atoms with Crippen LogP contribution in [-0.4, -0.2) is 53.5 Å². The maximum absolute atomic E-state index is 12.6. The zero-order chi connectivity index (χ0) is 24.6. The van der Waals surface area contributed by atoms with Crippen molar-refractivity contribution in [1.82, 2.24) is 5.01 Å². The number of amides is 1. The van der Waals surface area contributed by atoms with E-state index in [4.69, 9.17) is 26.5 Å². The van der Waals surface area contributed by atoms with Gasteiger partial charge in [0.2, 0.25) is 19.4 Å². The molecule has 14 heteroatoms. The standard InChI is InChI=1S/C20H15ClN4O6S3/c1-3-34(28,29)20-24-25-16(22)11(17(26)23-19(25)33-20)7-10-8-12(21)15(13(9-10)30-2)31-18(27)14-5-4-6-32-14/h4-9,22H,3H2,1-2H3/b11-7-,22-16?. The highest BCUT2D eigenvalue weighted by Gasteiger charge is 2.39. The van der Waals surface area contributed by atoms with E-state index in [1.807, 2.05) is 0 Å². The molecule has 1 aromatic heterocycles. The molecule has 34 heavy (non-hydrogen) atoms. The molecule has 1 N–H and O–H groups in total. The second-order valence-electron chi connectivity index (χ2n) is 6.69. The number of hydrazone groups is 1. The molecule has 0 radical (unpaired) electrons. The van der Waals surface area contributed by atoms with E-state index in [1.165, 1.54) is 43.6 Å². The van der Waals surface area contributed by atoms with Gasteiger partial charge in [-0.2, -0.15) is 10.0 Å². The third-order valence-electron chi connectivity index (χ3n) is 4.56. The molecule has 2 aliphatic heterocycles. The van der Waals surface area contributed by atoms with Gasteiger partial charge in [-0.15, -0.1) is 16.4 Å².